The predicted molar refractivity (Wildman–Crippen MR) is 72.8 cm³/mol. The maximum Gasteiger partial charge on any atom is 0.133 e. The number of hydrogen-bond acceptors (Lipinski definition) is 3. The van der Waals surface area contributed by atoms with Gasteiger partial charge in [0.05, 0.1) is 12.3 Å². The molecule has 94 valence electrons. The van der Waals surface area contributed by atoms with Gasteiger partial charge in [-0.25, -0.2) is 9.97 Å². The highest BCUT2D eigenvalue weighted by Gasteiger charge is 2.03. The topological polar surface area (TPSA) is 35.0 Å². The molecular formula is C14H15ClN2O. The van der Waals surface area contributed by atoms with Crippen LogP contribution in [0.25, 0.3) is 11.3 Å². The molecule has 3 nitrogen and oxygen atoms in total. The van der Waals surface area contributed by atoms with Crippen LogP contribution in [0.15, 0.2) is 36.7 Å². The summed E-state index contributed by atoms with van der Waals surface area (Å²) in [5.74, 6) is 1.35. The molecule has 0 saturated heterocycles. The van der Waals surface area contributed by atoms with E-state index in [1.165, 1.54) is 6.33 Å². The van der Waals surface area contributed by atoms with Crippen molar-refractivity contribution in [3.05, 3.63) is 41.8 Å². The molecule has 1 aromatic carbocycles. The van der Waals surface area contributed by atoms with Gasteiger partial charge in [-0.15, -0.1) is 0 Å². The Labute approximate surface area is 112 Å². The SMILES string of the molecule is CC(C)COc1cccc(-c2cc(Cl)ncn2)c1. The normalized spacial score (nSPS) is 10.7. The Balaban J connectivity index is 2.21. The molecule has 0 aliphatic heterocycles. The van der Waals surface area contributed by atoms with Crippen LogP contribution < -0.4 is 4.74 Å². The van der Waals surface area contributed by atoms with Crippen molar-refractivity contribution >= 4 is 11.6 Å². The number of hydrogen-bond donors (Lipinski definition) is 0. The molecule has 1 heterocycles. The lowest BCUT2D eigenvalue weighted by Crippen LogP contribution is -2.04. The lowest BCUT2D eigenvalue weighted by atomic mass is 10.1. The average Bonchev–Trinajstić information content (AvgIpc) is 2.37. The zero-order chi connectivity index (χ0) is 13.0. The van der Waals surface area contributed by atoms with Crippen molar-refractivity contribution in [2.24, 2.45) is 5.92 Å². The van der Waals surface area contributed by atoms with Gasteiger partial charge >= 0.3 is 0 Å². The monoisotopic (exact) mass is 262 g/mol. The van der Waals surface area contributed by atoms with E-state index in [1.807, 2.05) is 24.3 Å². The molecule has 1 aromatic heterocycles. The first kappa shape index (κ1) is 12.8. The summed E-state index contributed by atoms with van der Waals surface area (Å²) in [6, 6.07) is 9.56. The molecule has 0 unspecified atom stereocenters. The lowest BCUT2D eigenvalue weighted by Gasteiger charge is -2.09. The Bertz CT molecular complexity index is 529. The molecule has 18 heavy (non-hydrogen) atoms. The number of benzene rings is 1. The maximum absolute atomic E-state index is 5.85. The molecule has 0 atom stereocenters. The summed E-state index contributed by atoms with van der Waals surface area (Å²) in [5.41, 5.74) is 1.77. The average molecular weight is 263 g/mol. The smallest absolute Gasteiger partial charge is 0.133 e. The Morgan fingerprint density at radius 1 is 1.22 bits per heavy atom. The first-order chi connectivity index (χ1) is 8.65. The zero-order valence-corrected chi connectivity index (χ0v) is 11.2. The van der Waals surface area contributed by atoms with E-state index < -0.39 is 0 Å². The van der Waals surface area contributed by atoms with Crippen molar-refractivity contribution in [2.45, 2.75) is 13.8 Å². The minimum absolute atomic E-state index is 0.438. The molecule has 0 saturated carbocycles. The third-order valence-electron chi connectivity index (χ3n) is 2.35. The summed E-state index contributed by atoms with van der Waals surface area (Å²) >= 11 is 5.85. The van der Waals surface area contributed by atoms with Crippen LogP contribution >= 0.6 is 11.6 Å². The first-order valence-corrected chi connectivity index (χ1v) is 6.24. The largest absolute Gasteiger partial charge is 0.493 e. The zero-order valence-electron chi connectivity index (χ0n) is 10.4. The minimum Gasteiger partial charge on any atom is -0.493 e. The van der Waals surface area contributed by atoms with Crippen molar-refractivity contribution in [1.82, 2.24) is 9.97 Å². The molecule has 0 aliphatic rings. The molecule has 0 radical (unpaired) electrons. The fourth-order valence-electron chi connectivity index (χ4n) is 1.50. The minimum atomic E-state index is 0.438. The summed E-state index contributed by atoms with van der Waals surface area (Å²) in [6.45, 7) is 4.94. The van der Waals surface area contributed by atoms with Crippen LogP contribution in [-0.2, 0) is 0 Å². The highest BCUT2D eigenvalue weighted by atomic mass is 35.5. The molecule has 0 bridgehead atoms. The molecule has 0 spiro atoms. The standard InChI is InChI=1S/C14H15ClN2O/c1-10(2)8-18-12-5-3-4-11(6-12)13-7-14(15)17-9-16-13/h3-7,9-10H,8H2,1-2H3. The Hall–Kier alpha value is -1.61. The molecule has 0 N–H and O–H groups in total. The first-order valence-electron chi connectivity index (χ1n) is 5.86. The summed E-state index contributed by atoms with van der Waals surface area (Å²) in [7, 11) is 0. The number of ether oxygens (including phenoxy) is 1. The molecule has 0 fully saturated rings. The second-order valence-electron chi connectivity index (χ2n) is 4.46. The van der Waals surface area contributed by atoms with Crippen molar-refractivity contribution in [3.63, 3.8) is 0 Å². The van der Waals surface area contributed by atoms with Crippen LogP contribution in [0.3, 0.4) is 0 Å². The van der Waals surface area contributed by atoms with E-state index in [0.717, 1.165) is 17.0 Å². The van der Waals surface area contributed by atoms with E-state index in [0.29, 0.717) is 17.7 Å². The van der Waals surface area contributed by atoms with E-state index in [-0.39, 0.29) is 0 Å². The summed E-state index contributed by atoms with van der Waals surface area (Å²) in [6.07, 6.45) is 1.46. The van der Waals surface area contributed by atoms with Gasteiger partial charge in [-0.3, -0.25) is 0 Å². The van der Waals surface area contributed by atoms with E-state index >= 15 is 0 Å². The molecular weight excluding hydrogens is 248 g/mol. The predicted octanol–water partition coefficient (Wildman–Crippen LogP) is 3.83. The van der Waals surface area contributed by atoms with E-state index in [4.69, 9.17) is 16.3 Å². The third kappa shape index (κ3) is 3.44. The second kappa shape index (κ2) is 5.83. The van der Waals surface area contributed by atoms with Crippen LogP contribution in [0.1, 0.15) is 13.8 Å². The van der Waals surface area contributed by atoms with Gasteiger partial charge in [0, 0.05) is 11.6 Å². The van der Waals surface area contributed by atoms with Gasteiger partial charge in [0.2, 0.25) is 0 Å². The Kier molecular flexibility index (Phi) is 4.15. The van der Waals surface area contributed by atoms with Crippen LogP contribution in [0.5, 0.6) is 5.75 Å². The van der Waals surface area contributed by atoms with Gasteiger partial charge in [0.25, 0.3) is 0 Å². The Morgan fingerprint density at radius 2 is 2.06 bits per heavy atom. The van der Waals surface area contributed by atoms with Gasteiger partial charge in [-0.1, -0.05) is 37.6 Å². The highest BCUT2D eigenvalue weighted by Crippen LogP contribution is 2.23. The van der Waals surface area contributed by atoms with Crippen molar-refractivity contribution in [3.8, 4) is 17.0 Å². The van der Waals surface area contributed by atoms with E-state index in [1.54, 1.807) is 6.07 Å². The van der Waals surface area contributed by atoms with Crippen molar-refractivity contribution in [2.75, 3.05) is 6.61 Å². The molecule has 0 amide bonds. The quantitative estimate of drug-likeness (QED) is 0.786. The van der Waals surface area contributed by atoms with Crippen molar-refractivity contribution < 1.29 is 4.74 Å². The third-order valence-corrected chi connectivity index (χ3v) is 2.55. The van der Waals surface area contributed by atoms with Crippen LogP contribution in [0, 0.1) is 5.92 Å². The summed E-state index contributed by atoms with van der Waals surface area (Å²) < 4.78 is 5.68. The van der Waals surface area contributed by atoms with Crippen LogP contribution in [0.2, 0.25) is 5.15 Å². The van der Waals surface area contributed by atoms with Gasteiger partial charge in [0.1, 0.15) is 17.2 Å². The number of aromatic nitrogens is 2. The Morgan fingerprint density at radius 3 is 2.78 bits per heavy atom. The van der Waals surface area contributed by atoms with Crippen LogP contribution in [0.4, 0.5) is 0 Å². The van der Waals surface area contributed by atoms with E-state index in [2.05, 4.69) is 23.8 Å². The number of rotatable bonds is 4. The second-order valence-corrected chi connectivity index (χ2v) is 4.85. The molecule has 0 aliphatic carbocycles. The van der Waals surface area contributed by atoms with Gasteiger partial charge in [0.15, 0.2) is 0 Å². The lowest BCUT2D eigenvalue weighted by molar-refractivity contribution is 0.271. The number of nitrogens with zero attached hydrogens (tertiary/aromatic N) is 2. The number of halogens is 1. The van der Waals surface area contributed by atoms with Gasteiger partial charge in [-0.2, -0.15) is 0 Å². The van der Waals surface area contributed by atoms with Gasteiger partial charge in [-0.05, 0) is 18.1 Å². The summed E-state index contributed by atoms with van der Waals surface area (Å²) in [5, 5.41) is 0.438. The molecule has 2 rings (SSSR count). The fourth-order valence-corrected chi connectivity index (χ4v) is 1.65. The highest BCUT2D eigenvalue weighted by molar-refractivity contribution is 6.29. The molecule has 2 aromatic rings. The van der Waals surface area contributed by atoms with Crippen molar-refractivity contribution in [1.29, 1.82) is 0 Å². The summed E-state index contributed by atoms with van der Waals surface area (Å²) in [4.78, 5) is 8.07. The fraction of sp³-hybridized carbons (Fsp3) is 0.286. The van der Waals surface area contributed by atoms with Gasteiger partial charge < -0.3 is 4.74 Å². The molecule has 4 heteroatoms. The van der Waals surface area contributed by atoms with E-state index in [9.17, 15) is 0 Å². The maximum atomic E-state index is 5.85. The van der Waals surface area contributed by atoms with Crippen LogP contribution in [-0.4, -0.2) is 16.6 Å².